The van der Waals surface area contributed by atoms with E-state index in [0.717, 1.165) is 0 Å². The molecule has 0 aliphatic carbocycles. The molecule has 0 aromatic heterocycles. The lowest BCUT2D eigenvalue weighted by atomic mass is 10.2. The SMILES string of the molecule is COc1ccc(NC(=O)c2cccc(S(=O)(=O)Nc3ccc(C(=O)O)cc3)c2)cc1. The summed E-state index contributed by atoms with van der Waals surface area (Å²) in [4.78, 5) is 23.3. The first-order chi connectivity index (χ1) is 14.3. The second-order valence-electron chi connectivity index (χ2n) is 6.20. The van der Waals surface area contributed by atoms with Gasteiger partial charge in [-0.3, -0.25) is 9.52 Å². The Hall–Kier alpha value is -3.85. The molecule has 3 rings (SSSR count). The van der Waals surface area contributed by atoms with E-state index >= 15 is 0 Å². The van der Waals surface area contributed by atoms with Crippen molar-refractivity contribution in [2.24, 2.45) is 0 Å². The summed E-state index contributed by atoms with van der Waals surface area (Å²) in [6.45, 7) is 0. The summed E-state index contributed by atoms with van der Waals surface area (Å²) >= 11 is 0. The average molecular weight is 426 g/mol. The quantitative estimate of drug-likeness (QED) is 0.532. The van der Waals surface area contributed by atoms with E-state index in [1.54, 1.807) is 24.3 Å². The Morgan fingerprint density at radius 1 is 0.867 bits per heavy atom. The maximum Gasteiger partial charge on any atom is 0.335 e. The van der Waals surface area contributed by atoms with Crippen LogP contribution in [0, 0.1) is 0 Å². The summed E-state index contributed by atoms with van der Waals surface area (Å²) in [5, 5.41) is 11.6. The number of hydrogen-bond donors (Lipinski definition) is 3. The lowest BCUT2D eigenvalue weighted by Crippen LogP contribution is -2.16. The van der Waals surface area contributed by atoms with Crippen molar-refractivity contribution >= 4 is 33.3 Å². The largest absolute Gasteiger partial charge is 0.497 e. The monoisotopic (exact) mass is 426 g/mol. The predicted molar refractivity (Wildman–Crippen MR) is 112 cm³/mol. The molecule has 1 amide bonds. The highest BCUT2D eigenvalue weighted by atomic mass is 32.2. The number of carboxylic acids is 1. The first-order valence-electron chi connectivity index (χ1n) is 8.70. The molecule has 0 atom stereocenters. The Bertz CT molecular complexity index is 1170. The molecule has 30 heavy (non-hydrogen) atoms. The first kappa shape index (κ1) is 20.9. The molecule has 0 fully saturated rings. The maximum absolute atomic E-state index is 12.7. The van der Waals surface area contributed by atoms with Gasteiger partial charge in [0.05, 0.1) is 17.6 Å². The second kappa shape index (κ2) is 8.66. The van der Waals surface area contributed by atoms with Crippen LogP contribution >= 0.6 is 0 Å². The number of benzene rings is 3. The molecule has 0 aliphatic heterocycles. The van der Waals surface area contributed by atoms with Crippen LogP contribution in [0.3, 0.4) is 0 Å². The highest BCUT2D eigenvalue weighted by Crippen LogP contribution is 2.20. The van der Waals surface area contributed by atoms with Crippen LogP contribution in [0.1, 0.15) is 20.7 Å². The molecular weight excluding hydrogens is 408 g/mol. The maximum atomic E-state index is 12.7. The molecular formula is C21H18N2O6S. The van der Waals surface area contributed by atoms with Crippen molar-refractivity contribution in [3.63, 3.8) is 0 Å². The highest BCUT2D eigenvalue weighted by molar-refractivity contribution is 7.92. The van der Waals surface area contributed by atoms with Gasteiger partial charge < -0.3 is 15.2 Å². The average Bonchev–Trinajstić information content (AvgIpc) is 2.74. The van der Waals surface area contributed by atoms with Gasteiger partial charge in [0.15, 0.2) is 0 Å². The molecule has 0 radical (unpaired) electrons. The number of nitrogens with one attached hydrogen (secondary N) is 2. The molecule has 0 spiro atoms. The van der Waals surface area contributed by atoms with Gasteiger partial charge in [-0.05, 0) is 66.7 Å². The Morgan fingerprint density at radius 2 is 1.50 bits per heavy atom. The van der Waals surface area contributed by atoms with E-state index in [4.69, 9.17) is 9.84 Å². The van der Waals surface area contributed by atoms with Crippen LogP contribution in [0.5, 0.6) is 5.75 Å². The van der Waals surface area contributed by atoms with E-state index in [2.05, 4.69) is 10.0 Å². The molecule has 8 nitrogen and oxygen atoms in total. The molecule has 0 saturated carbocycles. The lowest BCUT2D eigenvalue weighted by Gasteiger charge is -2.10. The van der Waals surface area contributed by atoms with Crippen molar-refractivity contribution in [2.45, 2.75) is 4.90 Å². The van der Waals surface area contributed by atoms with E-state index in [9.17, 15) is 18.0 Å². The summed E-state index contributed by atoms with van der Waals surface area (Å²) in [6.07, 6.45) is 0. The third-order valence-electron chi connectivity index (χ3n) is 4.14. The number of aromatic carboxylic acids is 1. The van der Waals surface area contributed by atoms with Gasteiger partial charge in [-0.1, -0.05) is 6.07 Å². The van der Waals surface area contributed by atoms with E-state index < -0.39 is 21.9 Å². The van der Waals surface area contributed by atoms with E-state index in [-0.39, 0.29) is 21.7 Å². The van der Waals surface area contributed by atoms with Crippen molar-refractivity contribution in [1.82, 2.24) is 0 Å². The van der Waals surface area contributed by atoms with E-state index in [1.165, 1.54) is 55.6 Å². The number of methoxy groups -OCH3 is 1. The standard InChI is InChI=1S/C21H18N2O6S/c1-29-18-11-9-16(10-12-18)22-20(24)15-3-2-4-19(13-15)30(27,28)23-17-7-5-14(6-8-17)21(25)26/h2-13,23H,1H3,(H,22,24)(H,25,26). The third kappa shape index (κ3) is 4.95. The minimum atomic E-state index is -3.98. The van der Waals surface area contributed by atoms with Crippen LogP contribution in [-0.2, 0) is 10.0 Å². The number of carbonyl (C=O) groups excluding carboxylic acids is 1. The normalized spacial score (nSPS) is 10.8. The zero-order valence-electron chi connectivity index (χ0n) is 15.8. The first-order valence-corrected chi connectivity index (χ1v) is 10.2. The topological polar surface area (TPSA) is 122 Å². The number of rotatable bonds is 7. The Balaban J connectivity index is 1.77. The minimum Gasteiger partial charge on any atom is -0.497 e. The van der Waals surface area contributed by atoms with Crippen LogP contribution in [0.2, 0.25) is 0 Å². The summed E-state index contributed by atoms with van der Waals surface area (Å²) < 4.78 is 32.7. The molecule has 0 aliphatic rings. The number of anilines is 2. The van der Waals surface area contributed by atoms with Gasteiger partial charge >= 0.3 is 5.97 Å². The minimum absolute atomic E-state index is 0.0372. The molecule has 3 aromatic rings. The molecule has 154 valence electrons. The number of carbonyl (C=O) groups is 2. The number of ether oxygens (including phenoxy) is 1. The molecule has 3 N–H and O–H groups in total. The van der Waals surface area contributed by atoms with Crippen molar-refractivity contribution in [2.75, 3.05) is 17.1 Å². The molecule has 0 unspecified atom stereocenters. The summed E-state index contributed by atoms with van der Waals surface area (Å²) in [5.41, 5.74) is 0.934. The van der Waals surface area contributed by atoms with Crippen LogP contribution < -0.4 is 14.8 Å². The Morgan fingerprint density at radius 3 is 2.10 bits per heavy atom. The summed E-state index contributed by atoms with van der Waals surface area (Å²) in [5.74, 6) is -0.938. The molecule has 9 heteroatoms. The molecule has 0 bridgehead atoms. The fraction of sp³-hybridized carbons (Fsp3) is 0.0476. The van der Waals surface area contributed by atoms with Gasteiger partial charge in [-0.25, -0.2) is 13.2 Å². The summed E-state index contributed by atoms with van der Waals surface area (Å²) in [7, 11) is -2.44. The lowest BCUT2D eigenvalue weighted by molar-refractivity contribution is 0.0696. The predicted octanol–water partition coefficient (Wildman–Crippen LogP) is 3.45. The van der Waals surface area contributed by atoms with Crippen LogP contribution in [0.4, 0.5) is 11.4 Å². The zero-order valence-corrected chi connectivity index (χ0v) is 16.6. The van der Waals surface area contributed by atoms with Gasteiger partial charge in [0.25, 0.3) is 15.9 Å². The number of sulfonamides is 1. The van der Waals surface area contributed by atoms with Crippen molar-refractivity contribution in [3.05, 3.63) is 83.9 Å². The molecule has 3 aromatic carbocycles. The Labute approximate surface area is 173 Å². The van der Waals surface area contributed by atoms with Gasteiger partial charge in [-0.15, -0.1) is 0 Å². The van der Waals surface area contributed by atoms with Gasteiger partial charge in [0, 0.05) is 16.9 Å². The summed E-state index contributed by atoms with van der Waals surface area (Å²) in [6, 6.07) is 17.6. The third-order valence-corrected chi connectivity index (χ3v) is 5.52. The van der Waals surface area contributed by atoms with Crippen molar-refractivity contribution < 1.29 is 27.9 Å². The van der Waals surface area contributed by atoms with Gasteiger partial charge in [0.2, 0.25) is 0 Å². The fourth-order valence-corrected chi connectivity index (χ4v) is 3.68. The van der Waals surface area contributed by atoms with Gasteiger partial charge in [0.1, 0.15) is 5.75 Å². The molecule has 0 heterocycles. The smallest absolute Gasteiger partial charge is 0.335 e. The number of carboxylic acid groups (broad SMARTS) is 1. The Kier molecular flexibility index (Phi) is 6.03. The van der Waals surface area contributed by atoms with Crippen molar-refractivity contribution in [1.29, 1.82) is 0 Å². The number of amides is 1. The highest BCUT2D eigenvalue weighted by Gasteiger charge is 2.17. The van der Waals surface area contributed by atoms with E-state index in [1.807, 2.05) is 0 Å². The van der Waals surface area contributed by atoms with Crippen LogP contribution in [0.25, 0.3) is 0 Å². The fourth-order valence-electron chi connectivity index (χ4n) is 2.58. The van der Waals surface area contributed by atoms with Crippen molar-refractivity contribution in [3.8, 4) is 5.75 Å². The van der Waals surface area contributed by atoms with Gasteiger partial charge in [-0.2, -0.15) is 0 Å². The number of hydrogen-bond acceptors (Lipinski definition) is 5. The van der Waals surface area contributed by atoms with Crippen LogP contribution in [-0.4, -0.2) is 32.5 Å². The zero-order chi connectivity index (χ0) is 21.7. The second-order valence-corrected chi connectivity index (χ2v) is 7.88. The molecule has 0 saturated heterocycles. The van der Waals surface area contributed by atoms with Crippen LogP contribution in [0.15, 0.2) is 77.7 Å². The van der Waals surface area contributed by atoms with E-state index in [0.29, 0.717) is 11.4 Å².